The molecule has 1 aliphatic heterocycles. The number of aromatic nitrogens is 1. The first-order valence-corrected chi connectivity index (χ1v) is 8.10. The molecule has 5 nitrogen and oxygen atoms in total. The highest BCUT2D eigenvalue weighted by atomic mass is 16.6. The molecule has 1 aromatic heterocycles. The van der Waals surface area contributed by atoms with Crippen LogP contribution >= 0.6 is 0 Å². The van der Waals surface area contributed by atoms with Gasteiger partial charge >= 0.3 is 6.09 Å². The summed E-state index contributed by atoms with van der Waals surface area (Å²) in [6, 6.07) is 4.34. The molecule has 1 amide bonds. The Hall–Kier alpha value is -1.62. The van der Waals surface area contributed by atoms with Crippen LogP contribution in [0.4, 0.5) is 10.6 Å². The lowest BCUT2D eigenvalue weighted by molar-refractivity contribution is 0.0581. The zero-order chi connectivity index (χ0) is 16.2. The molecule has 1 aromatic rings. The normalized spacial score (nSPS) is 18.8. The smallest absolute Gasteiger partial charge is 0.415 e. The third kappa shape index (κ3) is 4.44. The Bertz CT molecular complexity index is 488. The predicted octanol–water partition coefficient (Wildman–Crippen LogP) is 3.66. The van der Waals surface area contributed by atoms with E-state index in [1.165, 1.54) is 18.4 Å². The molecule has 1 saturated heterocycles. The standard InChI is InChI=1S/C17H27N3O2/c1-5-20(16(21)22-17(2,3)4)15-10-9-13(12-19-15)14-8-6-7-11-18-14/h9-10,12,14,18H,5-8,11H2,1-4H3/t14-/m0/s1. The third-order valence-electron chi connectivity index (χ3n) is 3.69. The summed E-state index contributed by atoms with van der Waals surface area (Å²) in [5.41, 5.74) is 0.680. The van der Waals surface area contributed by atoms with Gasteiger partial charge in [0.2, 0.25) is 0 Å². The van der Waals surface area contributed by atoms with Gasteiger partial charge in [-0.25, -0.2) is 9.78 Å². The summed E-state index contributed by atoms with van der Waals surface area (Å²) in [7, 11) is 0. The van der Waals surface area contributed by atoms with E-state index < -0.39 is 5.60 Å². The van der Waals surface area contributed by atoms with Gasteiger partial charge in [0, 0.05) is 18.8 Å². The zero-order valence-corrected chi connectivity index (χ0v) is 14.1. The third-order valence-corrected chi connectivity index (χ3v) is 3.69. The van der Waals surface area contributed by atoms with E-state index in [1.807, 2.05) is 40.0 Å². The van der Waals surface area contributed by atoms with Crippen LogP contribution in [0.25, 0.3) is 0 Å². The Morgan fingerprint density at radius 3 is 2.68 bits per heavy atom. The molecule has 1 atom stereocenters. The first-order chi connectivity index (χ1) is 10.4. The maximum absolute atomic E-state index is 12.2. The Morgan fingerprint density at radius 1 is 1.41 bits per heavy atom. The molecule has 2 heterocycles. The number of anilines is 1. The van der Waals surface area contributed by atoms with Crippen molar-refractivity contribution in [2.75, 3.05) is 18.0 Å². The van der Waals surface area contributed by atoms with Crippen molar-refractivity contribution >= 4 is 11.9 Å². The Kier molecular flexibility index (Phi) is 5.40. The van der Waals surface area contributed by atoms with E-state index in [0.717, 1.165) is 13.0 Å². The van der Waals surface area contributed by atoms with E-state index in [0.29, 0.717) is 18.4 Å². The van der Waals surface area contributed by atoms with Crippen LogP contribution in [0.1, 0.15) is 58.6 Å². The second-order valence-electron chi connectivity index (χ2n) is 6.68. The van der Waals surface area contributed by atoms with E-state index in [9.17, 15) is 4.79 Å². The van der Waals surface area contributed by atoms with Gasteiger partial charge in [0.15, 0.2) is 0 Å². The molecule has 1 aliphatic rings. The first-order valence-electron chi connectivity index (χ1n) is 8.10. The van der Waals surface area contributed by atoms with Gasteiger partial charge in [0.05, 0.1) is 0 Å². The van der Waals surface area contributed by atoms with Gasteiger partial charge < -0.3 is 10.1 Å². The average Bonchev–Trinajstić information content (AvgIpc) is 2.48. The first kappa shape index (κ1) is 16.7. The molecule has 0 bridgehead atoms. The topological polar surface area (TPSA) is 54.5 Å². The Morgan fingerprint density at radius 2 is 2.18 bits per heavy atom. The monoisotopic (exact) mass is 305 g/mol. The number of carbonyl (C=O) groups excluding carboxylic acids is 1. The van der Waals surface area contributed by atoms with Crippen molar-refractivity contribution in [3.8, 4) is 0 Å². The van der Waals surface area contributed by atoms with Gasteiger partial charge in [-0.3, -0.25) is 4.90 Å². The Labute approximate surface area is 133 Å². The molecule has 0 aliphatic carbocycles. The van der Waals surface area contributed by atoms with Crippen LogP contribution in [0.3, 0.4) is 0 Å². The molecule has 122 valence electrons. The maximum Gasteiger partial charge on any atom is 0.415 e. The van der Waals surface area contributed by atoms with E-state index >= 15 is 0 Å². The van der Waals surface area contributed by atoms with Crippen molar-refractivity contribution in [1.29, 1.82) is 0 Å². The van der Waals surface area contributed by atoms with Crippen molar-refractivity contribution in [2.45, 2.75) is 58.6 Å². The lowest BCUT2D eigenvalue weighted by Crippen LogP contribution is -2.37. The van der Waals surface area contributed by atoms with E-state index in [2.05, 4.69) is 16.4 Å². The summed E-state index contributed by atoms with van der Waals surface area (Å²) in [6.07, 6.45) is 5.14. The lowest BCUT2D eigenvalue weighted by Gasteiger charge is -2.27. The second kappa shape index (κ2) is 7.09. The van der Waals surface area contributed by atoms with Crippen molar-refractivity contribution in [3.05, 3.63) is 23.9 Å². The fourth-order valence-electron chi connectivity index (χ4n) is 2.60. The number of nitrogens with one attached hydrogen (secondary N) is 1. The van der Waals surface area contributed by atoms with Gasteiger partial charge in [-0.2, -0.15) is 0 Å². The number of hydrogen-bond donors (Lipinski definition) is 1. The highest BCUT2D eigenvalue weighted by Gasteiger charge is 2.23. The van der Waals surface area contributed by atoms with Crippen LogP contribution < -0.4 is 10.2 Å². The van der Waals surface area contributed by atoms with Crippen LogP contribution in [0.15, 0.2) is 18.3 Å². The molecule has 5 heteroatoms. The van der Waals surface area contributed by atoms with E-state index in [-0.39, 0.29) is 6.09 Å². The summed E-state index contributed by atoms with van der Waals surface area (Å²) in [5, 5.41) is 3.51. The van der Waals surface area contributed by atoms with Crippen LogP contribution in [0.5, 0.6) is 0 Å². The molecule has 0 aromatic carbocycles. The minimum atomic E-state index is -0.504. The second-order valence-corrected chi connectivity index (χ2v) is 6.68. The van der Waals surface area contributed by atoms with Gasteiger partial charge in [0.25, 0.3) is 0 Å². The van der Waals surface area contributed by atoms with Crippen molar-refractivity contribution in [1.82, 2.24) is 10.3 Å². The number of pyridine rings is 1. The van der Waals surface area contributed by atoms with Crippen LogP contribution in [0.2, 0.25) is 0 Å². The predicted molar refractivity (Wildman–Crippen MR) is 88.1 cm³/mol. The van der Waals surface area contributed by atoms with Crippen molar-refractivity contribution < 1.29 is 9.53 Å². The largest absolute Gasteiger partial charge is 0.443 e. The number of nitrogens with zero attached hydrogens (tertiary/aromatic N) is 2. The maximum atomic E-state index is 12.2. The highest BCUT2D eigenvalue weighted by molar-refractivity contribution is 5.86. The summed E-state index contributed by atoms with van der Waals surface area (Å²) >= 11 is 0. The minimum absolute atomic E-state index is 0.356. The number of piperidine rings is 1. The molecule has 1 fully saturated rings. The quantitative estimate of drug-likeness (QED) is 0.926. The lowest BCUT2D eigenvalue weighted by atomic mass is 9.99. The molecular weight excluding hydrogens is 278 g/mol. The van der Waals surface area contributed by atoms with Gasteiger partial charge in [-0.05, 0) is 58.7 Å². The number of hydrogen-bond acceptors (Lipinski definition) is 4. The van der Waals surface area contributed by atoms with Gasteiger partial charge in [-0.1, -0.05) is 12.5 Å². The van der Waals surface area contributed by atoms with Crippen molar-refractivity contribution in [3.63, 3.8) is 0 Å². The molecule has 22 heavy (non-hydrogen) atoms. The average molecular weight is 305 g/mol. The van der Waals surface area contributed by atoms with Gasteiger partial charge in [-0.15, -0.1) is 0 Å². The highest BCUT2D eigenvalue weighted by Crippen LogP contribution is 2.24. The van der Waals surface area contributed by atoms with E-state index in [1.54, 1.807) is 4.90 Å². The number of ether oxygens (including phenoxy) is 1. The minimum Gasteiger partial charge on any atom is -0.443 e. The number of rotatable bonds is 3. The molecule has 0 spiro atoms. The molecular formula is C17H27N3O2. The molecule has 0 radical (unpaired) electrons. The van der Waals surface area contributed by atoms with Crippen LogP contribution in [-0.4, -0.2) is 29.8 Å². The van der Waals surface area contributed by atoms with Gasteiger partial charge in [0.1, 0.15) is 11.4 Å². The number of amides is 1. The van der Waals surface area contributed by atoms with E-state index in [4.69, 9.17) is 4.74 Å². The fourth-order valence-corrected chi connectivity index (χ4v) is 2.60. The molecule has 2 rings (SSSR count). The number of carbonyl (C=O) groups is 1. The van der Waals surface area contributed by atoms with Crippen LogP contribution in [0, 0.1) is 0 Å². The SMILES string of the molecule is CCN(C(=O)OC(C)(C)C)c1ccc([C@@H]2CCCCN2)cn1. The van der Waals surface area contributed by atoms with Crippen molar-refractivity contribution in [2.24, 2.45) is 0 Å². The summed E-state index contributed by atoms with van der Waals surface area (Å²) in [6.45, 7) is 9.11. The summed E-state index contributed by atoms with van der Waals surface area (Å²) < 4.78 is 5.43. The summed E-state index contributed by atoms with van der Waals surface area (Å²) in [5.74, 6) is 0.635. The Balaban J connectivity index is 2.08. The molecule has 0 unspecified atom stereocenters. The van der Waals surface area contributed by atoms with Crippen LogP contribution in [-0.2, 0) is 4.74 Å². The molecule has 0 saturated carbocycles. The zero-order valence-electron chi connectivity index (χ0n) is 14.1. The fraction of sp³-hybridized carbons (Fsp3) is 0.647. The summed E-state index contributed by atoms with van der Waals surface area (Å²) in [4.78, 5) is 18.2. The molecule has 1 N–H and O–H groups in total.